The fourth-order valence-electron chi connectivity index (χ4n) is 1.11. The molecule has 1 aromatic rings. The van der Waals surface area contributed by atoms with Crippen LogP contribution in [0, 0.1) is 6.92 Å². The van der Waals surface area contributed by atoms with Gasteiger partial charge in [0, 0.05) is 29.1 Å². The Balaban J connectivity index is 3.02. The molecule has 84 valence electrons. The lowest BCUT2D eigenvalue weighted by atomic mass is 10.1. The van der Waals surface area contributed by atoms with Crippen LogP contribution in [-0.4, -0.2) is 23.5 Å². The van der Waals surface area contributed by atoms with E-state index in [1.54, 1.807) is 0 Å². The lowest BCUT2D eigenvalue weighted by Crippen LogP contribution is -2.43. The minimum atomic E-state index is -0.0885. The molecule has 0 aliphatic carbocycles. The number of aryl methyl sites for hydroxylation is 1. The van der Waals surface area contributed by atoms with Crippen LogP contribution in [0.15, 0.2) is 16.7 Å². The van der Waals surface area contributed by atoms with Crippen molar-refractivity contribution in [3.63, 3.8) is 0 Å². The fraction of sp³-hybridized carbons (Fsp3) is 0.545. The van der Waals surface area contributed by atoms with Crippen molar-refractivity contribution in [1.29, 1.82) is 0 Å². The number of alkyl halides is 1. The molecule has 0 radical (unpaired) electrons. The monoisotopic (exact) mass is 290 g/mol. The highest BCUT2D eigenvalue weighted by atomic mass is 79.9. The first-order valence-corrected chi connectivity index (χ1v) is 6.13. The SMILES string of the molecule is Cc1cc(N(C)C(C)(C)CCl)ncc1Br. The molecule has 0 aliphatic heterocycles. The molecule has 0 spiro atoms. The zero-order chi connectivity index (χ0) is 11.6. The van der Waals surface area contributed by atoms with Crippen molar-refractivity contribution < 1.29 is 0 Å². The van der Waals surface area contributed by atoms with Gasteiger partial charge in [-0.1, -0.05) is 0 Å². The minimum Gasteiger partial charge on any atom is -0.353 e. The van der Waals surface area contributed by atoms with Gasteiger partial charge in [0.1, 0.15) is 5.82 Å². The van der Waals surface area contributed by atoms with Gasteiger partial charge in [0.05, 0.1) is 0 Å². The summed E-state index contributed by atoms with van der Waals surface area (Å²) in [6.07, 6.45) is 1.82. The van der Waals surface area contributed by atoms with Crippen LogP contribution in [0.1, 0.15) is 19.4 Å². The van der Waals surface area contributed by atoms with Crippen LogP contribution in [0.25, 0.3) is 0 Å². The molecule has 0 amide bonds. The largest absolute Gasteiger partial charge is 0.353 e. The van der Waals surface area contributed by atoms with E-state index in [1.807, 2.05) is 13.2 Å². The second kappa shape index (κ2) is 4.71. The summed E-state index contributed by atoms with van der Waals surface area (Å²) in [5.74, 6) is 1.52. The molecule has 1 heterocycles. The highest BCUT2D eigenvalue weighted by Gasteiger charge is 2.23. The third kappa shape index (κ3) is 2.85. The van der Waals surface area contributed by atoms with Gasteiger partial charge in [0.25, 0.3) is 0 Å². The standard InChI is InChI=1S/C11H16BrClN2/c1-8-5-10(14-6-9(8)12)15(4)11(2,3)7-13/h5-6H,7H2,1-4H3. The molecular weight excluding hydrogens is 275 g/mol. The van der Waals surface area contributed by atoms with Gasteiger partial charge in [-0.25, -0.2) is 4.98 Å². The van der Waals surface area contributed by atoms with Gasteiger partial charge >= 0.3 is 0 Å². The van der Waals surface area contributed by atoms with Gasteiger partial charge in [-0.2, -0.15) is 0 Å². The Morgan fingerprint density at radius 3 is 2.60 bits per heavy atom. The Morgan fingerprint density at radius 2 is 2.13 bits per heavy atom. The molecule has 4 heteroatoms. The van der Waals surface area contributed by atoms with Crippen LogP contribution in [0.5, 0.6) is 0 Å². The summed E-state index contributed by atoms with van der Waals surface area (Å²) < 4.78 is 1.03. The third-order valence-corrected chi connectivity index (χ3v) is 4.10. The zero-order valence-electron chi connectivity index (χ0n) is 9.51. The number of pyridine rings is 1. The first-order chi connectivity index (χ1) is 6.88. The molecule has 1 aromatic heterocycles. The van der Waals surface area contributed by atoms with Crippen molar-refractivity contribution in [2.45, 2.75) is 26.3 Å². The van der Waals surface area contributed by atoms with Crippen molar-refractivity contribution in [3.05, 3.63) is 22.3 Å². The van der Waals surface area contributed by atoms with Crippen molar-refractivity contribution in [1.82, 2.24) is 4.98 Å². The first-order valence-electron chi connectivity index (χ1n) is 4.80. The summed E-state index contributed by atoms with van der Waals surface area (Å²) in [6, 6.07) is 2.05. The van der Waals surface area contributed by atoms with E-state index < -0.39 is 0 Å². The molecule has 15 heavy (non-hydrogen) atoms. The predicted molar refractivity (Wildman–Crippen MR) is 69.9 cm³/mol. The average molecular weight is 292 g/mol. The molecule has 0 atom stereocenters. The topological polar surface area (TPSA) is 16.1 Å². The quantitative estimate of drug-likeness (QED) is 0.791. The number of hydrogen-bond donors (Lipinski definition) is 0. The van der Waals surface area contributed by atoms with Crippen molar-refractivity contribution >= 4 is 33.3 Å². The highest BCUT2D eigenvalue weighted by Crippen LogP contribution is 2.24. The van der Waals surface area contributed by atoms with E-state index in [9.17, 15) is 0 Å². The lowest BCUT2D eigenvalue weighted by molar-refractivity contribution is 0.540. The average Bonchev–Trinajstić information content (AvgIpc) is 2.21. The third-order valence-electron chi connectivity index (χ3n) is 2.61. The van der Waals surface area contributed by atoms with Gasteiger partial charge in [0.15, 0.2) is 0 Å². The highest BCUT2D eigenvalue weighted by molar-refractivity contribution is 9.10. The van der Waals surface area contributed by atoms with Crippen LogP contribution in [-0.2, 0) is 0 Å². The summed E-state index contributed by atoms with van der Waals surface area (Å²) in [7, 11) is 2.01. The number of hydrogen-bond acceptors (Lipinski definition) is 2. The van der Waals surface area contributed by atoms with Crippen molar-refractivity contribution in [3.8, 4) is 0 Å². The van der Waals surface area contributed by atoms with Crippen LogP contribution < -0.4 is 4.90 Å². The normalized spacial score (nSPS) is 11.6. The molecular formula is C11H16BrClN2. The van der Waals surface area contributed by atoms with Crippen molar-refractivity contribution in [2.75, 3.05) is 17.8 Å². The van der Waals surface area contributed by atoms with Gasteiger partial charge < -0.3 is 4.90 Å². The summed E-state index contributed by atoms with van der Waals surface area (Å²) in [4.78, 5) is 6.47. The number of nitrogens with zero attached hydrogens (tertiary/aromatic N) is 2. The number of aromatic nitrogens is 1. The molecule has 0 unspecified atom stereocenters. The van der Waals surface area contributed by atoms with E-state index in [2.05, 4.69) is 52.7 Å². The number of rotatable bonds is 3. The van der Waals surface area contributed by atoms with E-state index >= 15 is 0 Å². The second-order valence-electron chi connectivity index (χ2n) is 4.30. The van der Waals surface area contributed by atoms with E-state index in [1.165, 1.54) is 5.56 Å². The molecule has 0 aliphatic rings. The number of anilines is 1. The maximum Gasteiger partial charge on any atom is 0.129 e. The van der Waals surface area contributed by atoms with Gasteiger partial charge in [0.2, 0.25) is 0 Å². The maximum absolute atomic E-state index is 5.93. The summed E-state index contributed by atoms with van der Waals surface area (Å²) in [6.45, 7) is 6.24. The summed E-state index contributed by atoms with van der Waals surface area (Å²) >= 11 is 9.37. The molecule has 0 aromatic carbocycles. The number of halogens is 2. The molecule has 1 rings (SSSR count). The van der Waals surface area contributed by atoms with Crippen LogP contribution >= 0.6 is 27.5 Å². The molecule has 0 N–H and O–H groups in total. The van der Waals surface area contributed by atoms with E-state index in [0.717, 1.165) is 10.3 Å². The maximum atomic E-state index is 5.93. The van der Waals surface area contributed by atoms with Crippen LogP contribution in [0.3, 0.4) is 0 Å². The Bertz CT molecular complexity index is 352. The van der Waals surface area contributed by atoms with E-state index in [-0.39, 0.29) is 5.54 Å². The second-order valence-corrected chi connectivity index (χ2v) is 5.42. The first kappa shape index (κ1) is 12.8. The van der Waals surface area contributed by atoms with Crippen LogP contribution in [0.4, 0.5) is 5.82 Å². The van der Waals surface area contributed by atoms with E-state index in [0.29, 0.717) is 5.88 Å². The Labute approximate surface area is 105 Å². The Morgan fingerprint density at radius 1 is 1.53 bits per heavy atom. The molecule has 0 saturated carbocycles. The predicted octanol–water partition coefficient (Wildman–Crippen LogP) is 3.61. The van der Waals surface area contributed by atoms with Gasteiger partial charge in [-0.3, -0.25) is 0 Å². The molecule has 0 saturated heterocycles. The minimum absolute atomic E-state index is 0.0885. The Kier molecular flexibility index (Phi) is 4.01. The van der Waals surface area contributed by atoms with E-state index in [4.69, 9.17) is 11.6 Å². The molecule has 0 fully saturated rings. The zero-order valence-corrected chi connectivity index (χ0v) is 11.9. The van der Waals surface area contributed by atoms with Crippen LogP contribution in [0.2, 0.25) is 0 Å². The summed E-state index contributed by atoms with van der Waals surface area (Å²) in [5, 5.41) is 0. The summed E-state index contributed by atoms with van der Waals surface area (Å²) in [5.41, 5.74) is 1.09. The van der Waals surface area contributed by atoms with Gasteiger partial charge in [-0.05, 0) is 48.3 Å². The smallest absolute Gasteiger partial charge is 0.129 e. The lowest BCUT2D eigenvalue weighted by Gasteiger charge is -2.35. The Hall–Kier alpha value is -0.280. The van der Waals surface area contributed by atoms with Gasteiger partial charge in [-0.15, -0.1) is 11.6 Å². The fourth-order valence-corrected chi connectivity index (χ4v) is 1.50. The molecule has 0 bridgehead atoms. The van der Waals surface area contributed by atoms with Crippen molar-refractivity contribution in [2.24, 2.45) is 0 Å². The molecule has 2 nitrogen and oxygen atoms in total.